The van der Waals surface area contributed by atoms with Crippen LogP contribution in [-0.4, -0.2) is 28.1 Å². The van der Waals surface area contributed by atoms with Crippen LogP contribution >= 0.6 is 11.6 Å². The Morgan fingerprint density at radius 1 is 1.13 bits per heavy atom. The minimum absolute atomic E-state index is 0.125. The Labute approximate surface area is 139 Å². The molecule has 0 unspecified atom stereocenters. The number of halogens is 1. The molecule has 0 fully saturated rings. The number of rotatable bonds is 4. The topological polar surface area (TPSA) is 49.0 Å². The number of hydrogen-bond acceptors (Lipinski definition) is 2. The van der Waals surface area contributed by atoms with Crippen LogP contribution in [0.1, 0.15) is 16.1 Å². The molecule has 1 N–H and O–H groups in total. The van der Waals surface area contributed by atoms with Gasteiger partial charge in [0.1, 0.15) is 5.69 Å². The number of nitrogens with one attached hydrogen (secondary N) is 1. The van der Waals surface area contributed by atoms with Gasteiger partial charge in [0.2, 0.25) is 0 Å². The fourth-order valence-corrected chi connectivity index (χ4v) is 2.54. The van der Waals surface area contributed by atoms with Crippen LogP contribution in [0.15, 0.2) is 60.7 Å². The molecule has 5 heteroatoms. The lowest BCUT2D eigenvalue weighted by atomic mass is 10.1. The second-order valence-electron chi connectivity index (χ2n) is 5.29. The summed E-state index contributed by atoms with van der Waals surface area (Å²) in [7, 11) is 1.74. The number of aromatic nitrogens is 2. The van der Waals surface area contributed by atoms with Crippen LogP contribution in [-0.2, 0) is 6.54 Å². The molecule has 1 aromatic heterocycles. The van der Waals surface area contributed by atoms with Gasteiger partial charge in [0.15, 0.2) is 0 Å². The molecular formula is C18H16ClN3O. The Kier molecular flexibility index (Phi) is 4.44. The highest BCUT2D eigenvalue weighted by atomic mass is 35.5. The van der Waals surface area contributed by atoms with Crippen molar-refractivity contribution in [2.24, 2.45) is 0 Å². The van der Waals surface area contributed by atoms with Crippen molar-refractivity contribution < 1.29 is 4.79 Å². The number of nitrogens with zero attached hydrogens (tertiary/aromatic N) is 2. The van der Waals surface area contributed by atoms with Gasteiger partial charge in [0.25, 0.3) is 5.91 Å². The van der Waals surface area contributed by atoms with Crippen molar-refractivity contribution in [2.75, 3.05) is 7.05 Å². The zero-order chi connectivity index (χ0) is 16.2. The molecule has 0 aliphatic rings. The molecule has 2 aromatic carbocycles. The first-order valence-electron chi connectivity index (χ1n) is 7.25. The molecule has 1 heterocycles. The molecule has 3 rings (SSSR count). The van der Waals surface area contributed by atoms with Gasteiger partial charge < -0.3 is 4.90 Å². The number of H-pyrrole nitrogens is 1. The first kappa shape index (κ1) is 15.3. The van der Waals surface area contributed by atoms with Crippen LogP contribution in [0, 0.1) is 0 Å². The summed E-state index contributed by atoms with van der Waals surface area (Å²) in [4.78, 5) is 14.1. The molecule has 0 spiro atoms. The minimum Gasteiger partial charge on any atom is -0.336 e. The predicted octanol–water partition coefficient (Wildman–Crippen LogP) is 4.00. The van der Waals surface area contributed by atoms with Crippen LogP contribution in [0.25, 0.3) is 11.3 Å². The number of benzene rings is 2. The predicted molar refractivity (Wildman–Crippen MR) is 91.3 cm³/mol. The third-order valence-electron chi connectivity index (χ3n) is 3.59. The third-order valence-corrected chi connectivity index (χ3v) is 3.96. The van der Waals surface area contributed by atoms with Crippen LogP contribution in [0.4, 0.5) is 0 Å². The van der Waals surface area contributed by atoms with Gasteiger partial charge >= 0.3 is 0 Å². The van der Waals surface area contributed by atoms with Gasteiger partial charge in [0, 0.05) is 24.2 Å². The number of hydrogen-bond donors (Lipinski definition) is 1. The smallest absolute Gasteiger partial charge is 0.271 e. The molecule has 0 bridgehead atoms. The largest absolute Gasteiger partial charge is 0.336 e. The second-order valence-corrected chi connectivity index (χ2v) is 5.69. The van der Waals surface area contributed by atoms with Crippen molar-refractivity contribution in [3.8, 4) is 11.3 Å². The summed E-state index contributed by atoms with van der Waals surface area (Å²) in [6.07, 6.45) is 0. The van der Waals surface area contributed by atoms with Crippen LogP contribution in [0.2, 0.25) is 5.02 Å². The molecule has 23 heavy (non-hydrogen) atoms. The Hall–Kier alpha value is -2.59. The maximum atomic E-state index is 12.5. The van der Waals surface area contributed by atoms with Crippen LogP contribution in [0.5, 0.6) is 0 Å². The van der Waals surface area contributed by atoms with Crippen molar-refractivity contribution in [3.05, 3.63) is 76.9 Å². The fourth-order valence-electron chi connectivity index (χ4n) is 2.35. The molecule has 1 amide bonds. The van der Waals surface area contributed by atoms with E-state index in [9.17, 15) is 4.79 Å². The van der Waals surface area contributed by atoms with E-state index in [0.717, 1.165) is 16.8 Å². The van der Waals surface area contributed by atoms with Gasteiger partial charge in [-0.2, -0.15) is 5.10 Å². The van der Waals surface area contributed by atoms with E-state index in [2.05, 4.69) is 10.2 Å². The van der Waals surface area contributed by atoms with E-state index in [-0.39, 0.29) is 5.91 Å². The molecule has 116 valence electrons. The molecule has 4 nitrogen and oxygen atoms in total. The summed E-state index contributed by atoms with van der Waals surface area (Å²) in [6, 6.07) is 19.0. The van der Waals surface area contributed by atoms with E-state index in [1.54, 1.807) is 18.0 Å². The van der Waals surface area contributed by atoms with Crippen LogP contribution < -0.4 is 0 Å². The molecule has 3 aromatic rings. The maximum Gasteiger partial charge on any atom is 0.271 e. The van der Waals surface area contributed by atoms with Crippen molar-refractivity contribution in [3.63, 3.8) is 0 Å². The van der Waals surface area contributed by atoms with E-state index in [0.29, 0.717) is 17.3 Å². The SMILES string of the molecule is CN(Cc1ccccc1Cl)C(=O)c1cc(-c2ccccc2)n[nH]1. The first-order valence-corrected chi connectivity index (χ1v) is 7.62. The number of amides is 1. The number of carbonyl (C=O) groups excluding carboxylic acids is 1. The number of carbonyl (C=O) groups is 1. The van der Waals surface area contributed by atoms with Crippen molar-refractivity contribution in [2.45, 2.75) is 6.54 Å². The Morgan fingerprint density at radius 2 is 1.83 bits per heavy atom. The average molecular weight is 326 g/mol. The Balaban J connectivity index is 1.76. The minimum atomic E-state index is -0.125. The Morgan fingerprint density at radius 3 is 2.57 bits per heavy atom. The summed E-state index contributed by atoms with van der Waals surface area (Å²) >= 11 is 6.15. The fraction of sp³-hybridized carbons (Fsp3) is 0.111. The highest BCUT2D eigenvalue weighted by Crippen LogP contribution is 2.19. The van der Waals surface area contributed by atoms with E-state index in [4.69, 9.17) is 11.6 Å². The lowest BCUT2D eigenvalue weighted by molar-refractivity contribution is 0.0779. The molecule has 0 saturated carbocycles. The van der Waals surface area contributed by atoms with Crippen LogP contribution in [0.3, 0.4) is 0 Å². The quantitative estimate of drug-likeness (QED) is 0.788. The van der Waals surface area contributed by atoms with Gasteiger partial charge in [0.05, 0.1) is 5.69 Å². The van der Waals surface area contributed by atoms with Gasteiger partial charge in [-0.1, -0.05) is 60.1 Å². The zero-order valence-electron chi connectivity index (χ0n) is 12.7. The summed E-state index contributed by atoms with van der Waals surface area (Å²) in [6.45, 7) is 0.443. The summed E-state index contributed by atoms with van der Waals surface area (Å²) in [5.41, 5.74) is 3.09. The highest BCUT2D eigenvalue weighted by molar-refractivity contribution is 6.31. The van der Waals surface area contributed by atoms with Gasteiger partial charge in [-0.25, -0.2) is 0 Å². The molecule has 0 atom stereocenters. The Bertz CT molecular complexity index is 814. The standard InChI is InChI=1S/C18H16ClN3O/c1-22(12-14-9-5-6-10-15(14)19)18(23)17-11-16(20-21-17)13-7-3-2-4-8-13/h2-11H,12H2,1H3,(H,20,21). The lowest BCUT2D eigenvalue weighted by Crippen LogP contribution is -2.26. The van der Waals surface area contributed by atoms with E-state index >= 15 is 0 Å². The monoisotopic (exact) mass is 325 g/mol. The average Bonchev–Trinajstić information content (AvgIpc) is 3.07. The lowest BCUT2D eigenvalue weighted by Gasteiger charge is -2.16. The molecule has 0 saturated heterocycles. The molecule has 0 aliphatic carbocycles. The van der Waals surface area contributed by atoms with Gasteiger partial charge in [-0.05, 0) is 17.7 Å². The first-order chi connectivity index (χ1) is 11.1. The summed E-state index contributed by atoms with van der Waals surface area (Å²) < 4.78 is 0. The van der Waals surface area contributed by atoms with Gasteiger partial charge in [-0.3, -0.25) is 9.89 Å². The van der Waals surface area contributed by atoms with E-state index in [1.165, 1.54) is 0 Å². The van der Waals surface area contributed by atoms with E-state index < -0.39 is 0 Å². The summed E-state index contributed by atoms with van der Waals surface area (Å²) in [5, 5.41) is 7.68. The van der Waals surface area contributed by atoms with Gasteiger partial charge in [-0.15, -0.1) is 0 Å². The zero-order valence-corrected chi connectivity index (χ0v) is 13.4. The second kappa shape index (κ2) is 6.67. The molecular weight excluding hydrogens is 310 g/mol. The van der Waals surface area contributed by atoms with Crippen molar-refractivity contribution in [1.82, 2.24) is 15.1 Å². The third kappa shape index (κ3) is 3.43. The molecule has 0 aliphatic heterocycles. The van der Waals surface area contributed by atoms with E-state index in [1.807, 2.05) is 54.6 Å². The van der Waals surface area contributed by atoms with Crippen molar-refractivity contribution >= 4 is 17.5 Å². The maximum absolute atomic E-state index is 12.5. The summed E-state index contributed by atoms with van der Waals surface area (Å²) in [5.74, 6) is -0.125. The normalized spacial score (nSPS) is 10.5. The highest BCUT2D eigenvalue weighted by Gasteiger charge is 2.16. The molecule has 0 radical (unpaired) electrons. The van der Waals surface area contributed by atoms with Crippen molar-refractivity contribution in [1.29, 1.82) is 0 Å². The number of aromatic amines is 1.